The average molecular weight is 394 g/mol. The molecule has 0 aromatic heterocycles. The zero-order valence-corrected chi connectivity index (χ0v) is 17.2. The largest absolute Gasteiger partial charge is 0.496 e. The van der Waals surface area contributed by atoms with Gasteiger partial charge in [-0.05, 0) is 24.6 Å². The molecule has 7 nitrogen and oxygen atoms in total. The number of methoxy groups -OCH3 is 1. The van der Waals surface area contributed by atoms with Crippen LogP contribution >= 0.6 is 0 Å². The number of carbonyl (C=O) groups excluding carboxylic acids is 1. The van der Waals surface area contributed by atoms with E-state index >= 15 is 0 Å². The SMILES string of the molecule is COc1cccc(OCOCC[Si](C)(C)C)c1C(=O)N1C=CCC1C(=O)O. The quantitative estimate of drug-likeness (QED) is 0.394. The standard InChI is InChI=1S/C19H27NO6Si/c1-24-15-8-5-9-16(26-13-25-11-12-27(2,3)4)17(15)18(21)20-10-6-7-14(20)19(22)23/h5-6,8-10,14H,7,11-13H2,1-4H3,(H,22,23). The molecule has 0 aliphatic carbocycles. The van der Waals surface area contributed by atoms with Crippen LogP contribution in [0.15, 0.2) is 30.5 Å². The lowest BCUT2D eigenvalue weighted by Gasteiger charge is -2.23. The van der Waals surface area contributed by atoms with Crippen molar-refractivity contribution in [2.75, 3.05) is 20.5 Å². The van der Waals surface area contributed by atoms with Crippen molar-refractivity contribution >= 4 is 20.0 Å². The van der Waals surface area contributed by atoms with Crippen molar-refractivity contribution in [2.24, 2.45) is 0 Å². The van der Waals surface area contributed by atoms with Crippen molar-refractivity contribution in [3.05, 3.63) is 36.0 Å². The number of rotatable bonds is 9. The molecule has 1 unspecified atom stereocenters. The molecule has 148 valence electrons. The Labute approximate surface area is 160 Å². The molecule has 0 radical (unpaired) electrons. The molecule has 0 fully saturated rings. The van der Waals surface area contributed by atoms with Crippen LogP contribution in [-0.4, -0.2) is 56.5 Å². The van der Waals surface area contributed by atoms with Crippen LogP contribution in [0.3, 0.4) is 0 Å². The van der Waals surface area contributed by atoms with E-state index in [4.69, 9.17) is 14.2 Å². The van der Waals surface area contributed by atoms with Crippen LogP contribution in [-0.2, 0) is 9.53 Å². The summed E-state index contributed by atoms with van der Waals surface area (Å²) in [5, 5.41) is 9.33. The van der Waals surface area contributed by atoms with Crippen LogP contribution in [0, 0.1) is 0 Å². The van der Waals surface area contributed by atoms with E-state index in [2.05, 4.69) is 19.6 Å². The second kappa shape index (κ2) is 9.05. The van der Waals surface area contributed by atoms with Gasteiger partial charge in [-0.1, -0.05) is 31.8 Å². The maximum atomic E-state index is 13.0. The summed E-state index contributed by atoms with van der Waals surface area (Å²) in [5.41, 5.74) is 0.187. The van der Waals surface area contributed by atoms with Gasteiger partial charge in [0.2, 0.25) is 0 Å². The fourth-order valence-corrected chi connectivity index (χ4v) is 3.39. The van der Waals surface area contributed by atoms with Gasteiger partial charge in [0, 0.05) is 20.9 Å². The van der Waals surface area contributed by atoms with Crippen LogP contribution in [0.5, 0.6) is 11.5 Å². The molecule has 27 heavy (non-hydrogen) atoms. The summed E-state index contributed by atoms with van der Waals surface area (Å²) in [7, 11) is 0.262. The fraction of sp³-hybridized carbons (Fsp3) is 0.474. The first kappa shape index (κ1) is 21.0. The van der Waals surface area contributed by atoms with Crippen molar-refractivity contribution in [1.29, 1.82) is 0 Å². The lowest BCUT2D eigenvalue weighted by Crippen LogP contribution is -2.38. The number of ether oxygens (including phenoxy) is 3. The van der Waals surface area contributed by atoms with Crippen molar-refractivity contribution in [3.63, 3.8) is 0 Å². The Morgan fingerprint density at radius 3 is 2.59 bits per heavy atom. The van der Waals surface area contributed by atoms with E-state index in [0.29, 0.717) is 18.1 Å². The summed E-state index contributed by atoms with van der Waals surface area (Å²) in [5.74, 6) is -0.910. The highest BCUT2D eigenvalue weighted by atomic mass is 28.3. The first-order chi connectivity index (χ1) is 12.7. The molecular weight excluding hydrogens is 366 g/mol. The molecule has 0 saturated carbocycles. The third-order valence-corrected chi connectivity index (χ3v) is 5.90. The zero-order chi connectivity index (χ0) is 20.0. The van der Waals surface area contributed by atoms with Crippen molar-refractivity contribution in [3.8, 4) is 11.5 Å². The Hall–Kier alpha value is -2.32. The zero-order valence-electron chi connectivity index (χ0n) is 16.2. The minimum Gasteiger partial charge on any atom is -0.496 e. The van der Waals surface area contributed by atoms with Gasteiger partial charge in [-0.2, -0.15) is 0 Å². The van der Waals surface area contributed by atoms with E-state index in [-0.39, 0.29) is 18.8 Å². The summed E-state index contributed by atoms with van der Waals surface area (Å²) < 4.78 is 16.5. The van der Waals surface area contributed by atoms with Gasteiger partial charge in [-0.25, -0.2) is 4.79 Å². The molecule has 8 heteroatoms. The molecule has 1 aliphatic rings. The van der Waals surface area contributed by atoms with Gasteiger partial charge < -0.3 is 24.2 Å². The number of carboxylic acid groups (broad SMARTS) is 1. The van der Waals surface area contributed by atoms with Crippen LogP contribution in [0.4, 0.5) is 0 Å². The molecule has 1 aromatic carbocycles. The molecule has 1 aromatic rings. The number of nitrogens with zero attached hydrogens (tertiary/aromatic N) is 1. The number of aliphatic carboxylic acids is 1. The van der Waals surface area contributed by atoms with E-state index in [1.807, 2.05) is 0 Å². The molecule has 1 aliphatic heterocycles. The van der Waals surface area contributed by atoms with E-state index in [0.717, 1.165) is 6.04 Å². The van der Waals surface area contributed by atoms with Crippen LogP contribution in [0.25, 0.3) is 0 Å². The Balaban J connectivity index is 2.14. The van der Waals surface area contributed by atoms with Gasteiger partial charge in [-0.3, -0.25) is 4.79 Å². The van der Waals surface area contributed by atoms with Gasteiger partial charge in [0.25, 0.3) is 5.91 Å². The van der Waals surface area contributed by atoms with Gasteiger partial charge >= 0.3 is 5.97 Å². The second-order valence-corrected chi connectivity index (χ2v) is 13.1. The maximum Gasteiger partial charge on any atom is 0.327 e. The molecule has 1 N–H and O–H groups in total. The smallest absolute Gasteiger partial charge is 0.327 e. The molecule has 1 amide bonds. The number of carbonyl (C=O) groups is 2. The van der Waals surface area contributed by atoms with E-state index in [1.165, 1.54) is 18.2 Å². The molecule has 0 saturated heterocycles. The monoisotopic (exact) mass is 393 g/mol. The molecule has 0 spiro atoms. The average Bonchev–Trinajstić information content (AvgIpc) is 3.09. The van der Waals surface area contributed by atoms with E-state index < -0.39 is 26.0 Å². The Bertz CT molecular complexity index is 713. The van der Waals surface area contributed by atoms with Crippen LogP contribution < -0.4 is 9.47 Å². The second-order valence-electron chi connectivity index (χ2n) is 7.50. The van der Waals surface area contributed by atoms with E-state index in [9.17, 15) is 14.7 Å². The lowest BCUT2D eigenvalue weighted by molar-refractivity contribution is -0.141. The van der Waals surface area contributed by atoms with Gasteiger partial charge in [0.1, 0.15) is 23.1 Å². The Morgan fingerprint density at radius 2 is 1.96 bits per heavy atom. The number of carboxylic acids is 1. The third kappa shape index (κ3) is 5.57. The highest BCUT2D eigenvalue weighted by Gasteiger charge is 2.34. The minimum atomic E-state index is -1.19. The molecule has 1 heterocycles. The number of hydrogen-bond acceptors (Lipinski definition) is 5. The number of hydrogen-bond donors (Lipinski definition) is 1. The van der Waals surface area contributed by atoms with E-state index in [1.54, 1.807) is 24.3 Å². The third-order valence-electron chi connectivity index (χ3n) is 4.20. The summed E-state index contributed by atoms with van der Waals surface area (Å²) in [6, 6.07) is 5.08. The number of amides is 1. The van der Waals surface area contributed by atoms with Gasteiger partial charge in [0.15, 0.2) is 6.79 Å². The highest BCUT2D eigenvalue weighted by molar-refractivity contribution is 6.76. The lowest BCUT2D eigenvalue weighted by atomic mass is 10.1. The van der Waals surface area contributed by atoms with Gasteiger partial charge in [0.05, 0.1) is 7.11 Å². The molecule has 0 bridgehead atoms. The minimum absolute atomic E-state index is 0.0100. The molecular formula is C19H27NO6Si. The van der Waals surface area contributed by atoms with Crippen molar-refractivity contribution < 1.29 is 28.9 Å². The van der Waals surface area contributed by atoms with Crippen LogP contribution in [0.2, 0.25) is 25.7 Å². The summed E-state index contributed by atoms with van der Waals surface area (Å²) in [4.78, 5) is 25.6. The molecule has 1 atom stereocenters. The predicted octanol–water partition coefficient (Wildman–Crippen LogP) is 3.20. The predicted molar refractivity (Wildman–Crippen MR) is 104 cm³/mol. The Kier molecular flexibility index (Phi) is 7.03. The first-order valence-corrected chi connectivity index (χ1v) is 12.5. The van der Waals surface area contributed by atoms with Crippen molar-refractivity contribution in [1.82, 2.24) is 4.90 Å². The topological polar surface area (TPSA) is 85.3 Å². The number of benzene rings is 1. The molecule has 2 rings (SSSR count). The normalized spacial score (nSPS) is 16.4. The summed E-state index contributed by atoms with van der Waals surface area (Å²) in [6.07, 6.45) is 3.42. The maximum absolute atomic E-state index is 13.0. The van der Waals surface area contributed by atoms with Gasteiger partial charge in [-0.15, -0.1) is 0 Å². The Morgan fingerprint density at radius 1 is 1.26 bits per heavy atom. The summed E-state index contributed by atoms with van der Waals surface area (Å²) in [6.45, 7) is 7.39. The van der Waals surface area contributed by atoms with Crippen molar-refractivity contribution in [2.45, 2.75) is 38.1 Å². The first-order valence-electron chi connectivity index (χ1n) is 8.84. The fourth-order valence-electron chi connectivity index (χ4n) is 2.63. The highest BCUT2D eigenvalue weighted by Crippen LogP contribution is 2.32. The summed E-state index contributed by atoms with van der Waals surface area (Å²) >= 11 is 0. The van der Waals surface area contributed by atoms with Crippen LogP contribution in [0.1, 0.15) is 16.8 Å².